The van der Waals surface area contributed by atoms with Gasteiger partial charge in [0.25, 0.3) is 0 Å². The molecule has 1 fully saturated rings. The van der Waals surface area contributed by atoms with Gasteiger partial charge in [-0.25, -0.2) is 0 Å². The minimum absolute atomic E-state index is 0.0404. The molecule has 0 radical (unpaired) electrons. The minimum atomic E-state index is -0.362. The van der Waals surface area contributed by atoms with E-state index >= 15 is 0 Å². The van der Waals surface area contributed by atoms with Gasteiger partial charge in [0.05, 0.1) is 0 Å². The summed E-state index contributed by atoms with van der Waals surface area (Å²) in [7, 11) is 0.505. The number of hydrogen-bond donors (Lipinski definition) is 2. The Morgan fingerprint density at radius 3 is 1.33 bits per heavy atom. The molecule has 1 heterocycles. The van der Waals surface area contributed by atoms with E-state index in [1.165, 1.54) is 71.2 Å². The Kier molecular flexibility index (Phi) is 11.0. The second kappa shape index (κ2) is 15.7. The van der Waals surface area contributed by atoms with E-state index in [9.17, 15) is 10.2 Å². The van der Waals surface area contributed by atoms with Crippen molar-refractivity contribution >= 4 is 37.5 Å². The van der Waals surface area contributed by atoms with E-state index in [2.05, 4.69) is 151 Å². The molecule has 4 atom stereocenters. The first-order valence-electron chi connectivity index (χ1n) is 20.2. The van der Waals surface area contributed by atoms with Crippen LogP contribution in [0.15, 0.2) is 109 Å². The summed E-state index contributed by atoms with van der Waals surface area (Å²) in [5.74, 6) is 2.92. The van der Waals surface area contributed by atoms with Crippen molar-refractivity contribution in [1.29, 1.82) is 0 Å². The third-order valence-electron chi connectivity index (χ3n) is 12.0. The first-order chi connectivity index (χ1) is 26.4. The van der Waals surface area contributed by atoms with Gasteiger partial charge < -0.3 is 0 Å². The number of phenols is 2. The molecule has 1 saturated carbocycles. The van der Waals surface area contributed by atoms with Crippen LogP contribution in [0.3, 0.4) is 0 Å². The summed E-state index contributed by atoms with van der Waals surface area (Å²) in [6, 6.07) is 39.4. The molecule has 0 spiro atoms. The van der Waals surface area contributed by atoms with Gasteiger partial charge in [-0.1, -0.05) is 0 Å². The third kappa shape index (κ3) is 7.91. The molecule has 4 unspecified atom stereocenters. The maximum absolute atomic E-state index is 12.3. The first kappa shape index (κ1) is 38.7. The van der Waals surface area contributed by atoms with E-state index in [0.29, 0.717) is 22.0 Å². The van der Waals surface area contributed by atoms with Gasteiger partial charge in [-0.15, -0.1) is 0 Å². The van der Waals surface area contributed by atoms with Gasteiger partial charge in [0, 0.05) is 0 Å². The SMILES string of the molecule is CC(C)(C)c1cc(C[S]2=[Ti]=[S](Cc3cc(C(C)(C)C)cc(-c4cccc5ccccc45)c3O)C3CCCCCCC32)c(O)c(-c2cccc3ccccc23)c1. The summed E-state index contributed by atoms with van der Waals surface area (Å²) in [5.41, 5.74) is 8.98. The fourth-order valence-electron chi connectivity index (χ4n) is 8.74. The number of benzene rings is 6. The molecule has 2 aliphatic rings. The normalized spacial score (nSPS) is 20.4. The Morgan fingerprint density at radius 1 is 0.509 bits per heavy atom. The van der Waals surface area contributed by atoms with E-state index in [4.69, 9.17) is 0 Å². The van der Waals surface area contributed by atoms with Crippen LogP contribution in [0, 0.1) is 0 Å². The van der Waals surface area contributed by atoms with Gasteiger partial charge in [0.15, 0.2) is 0 Å². The molecule has 1 aliphatic carbocycles. The van der Waals surface area contributed by atoms with Crippen molar-refractivity contribution in [2.45, 2.75) is 113 Å². The average molecular weight is 801 g/mol. The number of fused-ring (bicyclic) bond motifs is 3. The Morgan fingerprint density at radius 2 is 0.909 bits per heavy atom. The summed E-state index contributed by atoms with van der Waals surface area (Å²) in [4.78, 5) is 0. The van der Waals surface area contributed by atoms with Gasteiger partial charge in [-0.05, 0) is 0 Å². The van der Waals surface area contributed by atoms with Crippen molar-refractivity contribution < 1.29 is 25.7 Å². The van der Waals surface area contributed by atoms with Gasteiger partial charge in [-0.3, -0.25) is 0 Å². The summed E-state index contributed by atoms with van der Waals surface area (Å²) in [6.45, 7) is 13.8. The molecule has 0 saturated heterocycles. The molecule has 6 aromatic carbocycles. The Bertz CT molecular complexity index is 2310. The summed E-state index contributed by atoms with van der Waals surface area (Å²) < 4.78 is 0. The standard InChI is InChI=1S/C50H56O2S2.Ti/c1-49(2,3)37-27-35(47(51)43(29-37)41-23-15-19-33-17-11-13-21-39(33)41)31-53-45-25-9-7-8-10-26-46(45)54-32-36-28-38(50(4,5)6)30-44(48(36)52)42-24-16-20-34-18-12-14-22-40(34)42;/h11-24,27-30,45-46,51-52H,7-10,25-26,31-32H2,1-6H3;. The number of phenolic OH excluding ortho intramolecular Hbond substituents is 2. The van der Waals surface area contributed by atoms with Crippen molar-refractivity contribution in [1.82, 2.24) is 0 Å². The zero-order chi connectivity index (χ0) is 38.5. The van der Waals surface area contributed by atoms with Crippen molar-refractivity contribution in [3.8, 4) is 33.8 Å². The molecule has 0 aromatic heterocycles. The van der Waals surface area contributed by atoms with Crippen LogP contribution in [-0.4, -0.2) is 20.7 Å². The van der Waals surface area contributed by atoms with Crippen LogP contribution in [0.25, 0.3) is 43.8 Å². The van der Waals surface area contributed by atoms with Crippen LogP contribution >= 0.6 is 15.9 Å². The molecule has 5 heteroatoms. The molecule has 8 rings (SSSR count). The summed E-state index contributed by atoms with van der Waals surface area (Å²) >= 11 is -0.362. The molecule has 0 amide bonds. The van der Waals surface area contributed by atoms with Crippen LogP contribution in [0.5, 0.6) is 11.5 Å². The zero-order valence-electron chi connectivity index (χ0n) is 33.4. The summed E-state index contributed by atoms with van der Waals surface area (Å²) in [5, 5.41) is 30.8. The van der Waals surface area contributed by atoms with E-state index < -0.39 is 0 Å². The molecule has 55 heavy (non-hydrogen) atoms. The molecule has 1 aliphatic heterocycles. The van der Waals surface area contributed by atoms with Gasteiger partial charge in [0.1, 0.15) is 0 Å². The second-order valence-electron chi connectivity index (χ2n) is 17.9. The van der Waals surface area contributed by atoms with Crippen LogP contribution in [0.1, 0.15) is 102 Å². The van der Waals surface area contributed by atoms with E-state index in [-0.39, 0.29) is 42.2 Å². The van der Waals surface area contributed by atoms with E-state index in [0.717, 1.165) is 44.9 Å². The van der Waals surface area contributed by atoms with Crippen LogP contribution in [0.2, 0.25) is 0 Å². The van der Waals surface area contributed by atoms with Gasteiger partial charge in [-0.2, -0.15) is 0 Å². The molecular weight excluding hydrogens is 745 g/mol. The molecule has 2 N–H and O–H groups in total. The number of hydrogen-bond acceptors (Lipinski definition) is 2. The Hall–Kier alpha value is -3.15. The predicted octanol–water partition coefficient (Wildman–Crippen LogP) is 14.6. The summed E-state index contributed by atoms with van der Waals surface area (Å²) in [6.07, 6.45) is 7.94. The predicted molar refractivity (Wildman–Crippen MR) is 237 cm³/mol. The first-order valence-corrected chi connectivity index (χ1v) is 27.0. The monoisotopic (exact) mass is 800 g/mol. The molecule has 0 bridgehead atoms. The number of rotatable bonds is 6. The van der Waals surface area contributed by atoms with Crippen molar-refractivity contribution in [2.75, 3.05) is 0 Å². The molecular formula is C50H56O2S2Ti. The van der Waals surface area contributed by atoms with Crippen molar-refractivity contribution in [3.05, 3.63) is 131 Å². The molecule has 284 valence electrons. The topological polar surface area (TPSA) is 40.5 Å². The van der Waals surface area contributed by atoms with Crippen LogP contribution in [0.4, 0.5) is 0 Å². The van der Waals surface area contributed by atoms with Gasteiger partial charge >= 0.3 is 341 Å². The quantitative estimate of drug-likeness (QED) is 0.165. The average Bonchev–Trinajstić information content (AvgIpc) is 3.45. The second-order valence-corrected chi connectivity index (χ2v) is 29.3. The molecule has 2 nitrogen and oxygen atoms in total. The molecule has 6 aromatic rings. The Balaban J connectivity index is 1.26. The fraction of sp³-hybridized carbons (Fsp3) is 0.360. The number of aromatic hydroxyl groups is 2. The van der Waals surface area contributed by atoms with Crippen molar-refractivity contribution in [2.24, 2.45) is 0 Å². The van der Waals surface area contributed by atoms with E-state index in [1.54, 1.807) is 0 Å². The Labute approximate surface area is 339 Å². The van der Waals surface area contributed by atoms with Crippen LogP contribution < -0.4 is 0 Å². The van der Waals surface area contributed by atoms with E-state index in [1.807, 2.05) is 0 Å². The zero-order valence-corrected chi connectivity index (χ0v) is 36.6. The fourth-order valence-corrected chi connectivity index (χ4v) is 29.6. The van der Waals surface area contributed by atoms with Crippen molar-refractivity contribution in [3.63, 3.8) is 0 Å². The third-order valence-corrected chi connectivity index (χ3v) is 27.9. The maximum atomic E-state index is 12.3. The van der Waals surface area contributed by atoms with Gasteiger partial charge in [0.2, 0.25) is 0 Å². The van der Waals surface area contributed by atoms with Crippen LogP contribution in [-0.2, 0) is 37.8 Å².